The highest BCUT2D eigenvalue weighted by Crippen LogP contribution is 2.49. The van der Waals surface area contributed by atoms with E-state index in [1.165, 1.54) is 17.1 Å². The molecule has 1 aliphatic rings. The lowest BCUT2D eigenvalue weighted by Gasteiger charge is -2.19. The zero-order valence-corrected chi connectivity index (χ0v) is 12.0. The first kappa shape index (κ1) is 15.1. The van der Waals surface area contributed by atoms with Gasteiger partial charge in [0.05, 0.1) is 0 Å². The van der Waals surface area contributed by atoms with Crippen LogP contribution in [0.4, 0.5) is 13.2 Å². The third kappa shape index (κ3) is 2.74. The monoisotopic (exact) mass is 306 g/mol. The van der Waals surface area contributed by atoms with Crippen LogP contribution in [0, 0.1) is 0 Å². The first-order valence-electron chi connectivity index (χ1n) is 7.26. The Labute approximate surface area is 127 Å². The molecule has 0 radical (unpaired) electrons. The lowest BCUT2D eigenvalue weighted by molar-refractivity contribution is -0.175. The molecular weight excluding hydrogens is 289 g/mol. The Bertz CT molecular complexity index is 613. The van der Waals surface area contributed by atoms with Crippen LogP contribution >= 0.6 is 0 Å². The number of aryl methyl sites for hydroxylation is 1. The highest BCUT2D eigenvalue weighted by atomic mass is 19.4. The van der Waals surface area contributed by atoms with Gasteiger partial charge in [0, 0.05) is 6.54 Å². The minimum atomic E-state index is -4.35. The molecule has 1 heterocycles. The van der Waals surface area contributed by atoms with E-state index in [1.54, 1.807) is 18.2 Å². The summed E-state index contributed by atoms with van der Waals surface area (Å²) >= 11 is 0. The van der Waals surface area contributed by atoms with E-state index < -0.39 is 11.8 Å². The van der Waals surface area contributed by atoms with Crippen molar-refractivity contribution in [3.63, 3.8) is 0 Å². The summed E-state index contributed by atoms with van der Waals surface area (Å²) in [5, 5.41) is 1.28. The van der Waals surface area contributed by atoms with Crippen LogP contribution in [0.2, 0.25) is 0 Å². The lowest BCUT2D eigenvalue weighted by Crippen LogP contribution is -2.36. The molecule has 3 rings (SSSR count). The second-order valence-electron chi connectivity index (χ2n) is 5.43. The molecule has 0 aliphatic carbocycles. The molecule has 116 valence electrons. The molecule has 1 saturated heterocycles. The minimum Gasteiger partial charge on any atom is -0.220 e. The SMILES string of the molecule is FC(F)(F)C1(c2ccccc2)NN1CCCc1ccccc1. The number of halogens is 3. The zero-order chi connectivity index (χ0) is 15.6. The first-order valence-corrected chi connectivity index (χ1v) is 7.26. The maximum Gasteiger partial charge on any atom is 0.426 e. The van der Waals surface area contributed by atoms with Gasteiger partial charge in [-0.05, 0) is 24.0 Å². The summed E-state index contributed by atoms with van der Waals surface area (Å²) in [7, 11) is 0. The van der Waals surface area contributed by atoms with Crippen LogP contribution in [0.1, 0.15) is 17.5 Å². The van der Waals surface area contributed by atoms with Gasteiger partial charge in [0.1, 0.15) is 0 Å². The Morgan fingerprint density at radius 1 is 0.909 bits per heavy atom. The molecule has 0 spiro atoms. The van der Waals surface area contributed by atoms with Crippen molar-refractivity contribution in [2.24, 2.45) is 0 Å². The molecule has 1 fully saturated rings. The molecule has 2 atom stereocenters. The van der Waals surface area contributed by atoms with E-state index in [1.807, 2.05) is 30.3 Å². The normalized spacial score (nSPS) is 24.2. The number of benzene rings is 2. The standard InChI is InChI=1S/C17H17F3N2/c18-17(19,20)16(15-11-5-2-6-12-15)21-22(16)13-7-10-14-8-3-1-4-9-14/h1-6,8-9,11-12,21H,7,10,13H2. The molecular formula is C17H17F3N2. The minimum absolute atomic E-state index is 0.238. The summed E-state index contributed by atoms with van der Waals surface area (Å²) in [5.74, 6) is 0. The smallest absolute Gasteiger partial charge is 0.220 e. The van der Waals surface area contributed by atoms with E-state index in [-0.39, 0.29) is 5.56 Å². The summed E-state index contributed by atoms with van der Waals surface area (Å²) < 4.78 is 40.4. The fourth-order valence-corrected chi connectivity index (χ4v) is 2.76. The Kier molecular flexibility index (Phi) is 3.93. The predicted octanol–water partition coefficient (Wildman–Crippen LogP) is 3.85. The molecule has 0 amide bonds. The molecule has 0 bridgehead atoms. The van der Waals surface area contributed by atoms with Gasteiger partial charge in [-0.25, -0.2) is 10.4 Å². The second-order valence-corrected chi connectivity index (χ2v) is 5.43. The number of nitrogens with one attached hydrogen (secondary N) is 1. The van der Waals surface area contributed by atoms with Crippen LogP contribution in [0.15, 0.2) is 60.7 Å². The molecule has 2 nitrogen and oxygen atoms in total. The van der Waals surface area contributed by atoms with Gasteiger partial charge < -0.3 is 0 Å². The maximum absolute atomic E-state index is 13.5. The van der Waals surface area contributed by atoms with Gasteiger partial charge in [0.15, 0.2) is 0 Å². The molecule has 0 saturated carbocycles. The van der Waals surface area contributed by atoms with Gasteiger partial charge >= 0.3 is 6.18 Å². The fourth-order valence-electron chi connectivity index (χ4n) is 2.76. The predicted molar refractivity (Wildman–Crippen MR) is 78.8 cm³/mol. The highest BCUT2D eigenvalue weighted by molar-refractivity contribution is 5.30. The Morgan fingerprint density at radius 2 is 1.50 bits per heavy atom. The van der Waals surface area contributed by atoms with E-state index in [9.17, 15) is 13.2 Å². The average Bonchev–Trinajstić information content (AvgIpc) is 3.25. The van der Waals surface area contributed by atoms with E-state index in [0.29, 0.717) is 13.0 Å². The number of hydrazine groups is 1. The molecule has 1 aliphatic heterocycles. The third-order valence-electron chi connectivity index (χ3n) is 3.94. The molecule has 2 aromatic carbocycles. The second kappa shape index (κ2) is 5.74. The average molecular weight is 306 g/mol. The number of alkyl halides is 3. The Hall–Kier alpha value is -1.85. The van der Waals surface area contributed by atoms with Gasteiger partial charge in [0.2, 0.25) is 5.66 Å². The zero-order valence-electron chi connectivity index (χ0n) is 12.0. The van der Waals surface area contributed by atoms with E-state index in [0.717, 1.165) is 12.0 Å². The quantitative estimate of drug-likeness (QED) is 0.849. The van der Waals surface area contributed by atoms with E-state index in [4.69, 9.17) is 0 Å². The van der Waals surface area contributed by atoms with Crippen molar-refractivity contribution in [2.45, 2.75) is 24.7 Å². The van der Waals surface area contributed by atoms with Crippen molar-refractivity contribution in [1.82, 2.24) is 10.4 Å². The summed E-state index contributed by atoms with van der Waals surface area (Å²) in [6.45, 7) is 0.350. The third-order valence-corrected chi connectivity index (χ3v) is 3.94. The number of rotatable bonds is 5. The van der Waals surface area contributed by atoms with Gasteiger partial charge in [-0.2, -0.15) is 13.2 Å². The lowest BCUT2D eigenvalue weighted by atomic mass is 10.0. The van der Waals surface area contributed by atoms with Crippen LogP contribution in [0.5, 0.6) is 0 Å². The van der Waals surface area contributed by atoms with Gasteiger partial charge in [-0.1, -0.05) is 60.7 Å². The molecule has 22 heavy (non-hydrogen) atoms. The van der Waals surface area contributed by atoms with Gasteiger partial charge in [0.25, 0.3) is 0 Å². The highest BCUT2D eigenvalue weighted by Gasteiger charge is 2.70. The largest absolute Gasteiger partial charge is 0.426 e. The van der Waals surface area contributed by atoms with Crippen molar-refractivity contribution >= 4 is 0 Å². The summed E-state index contributed by atoms with van der Waals surface area (Å²) in [6.07, 6.45) is -2.91. The van der Waals surface area contributed by atoms with Crippen molar-refractivity contribution < 1.29 is 13.2 Å². The molecule has 2 unspecified atom stereocenters. The molecule has 5 heteroatoms. The topological polar surface area (TPSA) is 25.0 Å². The van der Waals surface area contributed by atoms with E-state index >= 15 is 0 Å². The molecule has 0 aromatic heterocycles. The van der Waals surface area contributed by atoms with Crippen LogP contribution < -0.4 is 5.43 Å². The Balaban J connectivity index is 1.66. The van der Waals surface area contributed by atoms with Crippen LogP contribution in [0.3, 0.4) is 0 Å². The molecule has 2 aromatic rings. The summed E-state index contributed by atoms with van der Waals surface area (Å²) in [5.41, 5.74) is 1.89. The molecule has 1 N–H and O–H groups in total. The van der Waals surface area contributed by atoms with Gasteiger partial charge in [-0.15, -0.1) is 0 Å². The maximum atomic E-state index is 13.5. The van der Waals surface area contributed by atoms with Crippen LogP contribution in [-0.2, 0) is 12.1 Å². The van der Waals surface area contributed by atoms with Crippen molar-refractivity contribution in [1.29, 1.82) is 0 Å². The Morgan fingerprint density at radius 3 is 2.09 bits per heavy atom. The van der Waals surface area contributed by atoms with Crippen molar-refractivity contribution in [2.75, 3.05) is 6.54 Å². The van der Waals surface area contributed by atoms with Crippen LogP contribution in [-0.4, -0.2) is 17.7 Å². The first-order chi connectivity index (χ1) is 10.5. The van der Waals surface area contributed by atoms with Gasteiger partial charge in [-0.3, -0.25) is 0 Å². The van der Waals surface area contributed by atoms with Crippen molar-refractivity contribution in [3.8, 4) is 0 Å². The summed E-state index contributed by atoms with van der Waals surface area (Å²) in [6, 6.07) is 17.8. The number of nitrogens with zero attached hydrogens (tertiary/aromatic N) is 1. The number of hydrogen-bond acceptors (Lipinski definition) is 2. The van der Waals surface area contributed by atoms with E-state index in [2.05, 4.69) is 5.43 Å². The number of hydrogen-bond donors (Lipinski definition) is 1. The summed E-state index contributed by atoms with van der Waals surface area (Å²) in [4.78, 5) is 0. The van der Waals surface area contributed by atoms with Crippen LogP contribution in [0.25, 0.3) is 0 Å². The van der Waals surface area contributed by atoms with Crippen molar-refractivity contribution in [3.05, 3.63) is 71.8 Å². The fraction of sp³-hybridized carbons (Fsp3) is 0.294.